The van der Waals surface area contributed by atoms with E-state index in [0.29, 0.717) is 63.5 Å². The summed E-state index contributed by atoms with van der Waals surface area (Å²) in [6.07, 6.45) is 14.3. The minimum Gasteiger partial charge on any atom is -0.506 e. The molecule has 94 heavy (non-hydrogen) atoms. The zero-order valence-corrected chi connectivity index (χ0v) is 57.4. The van der Waals surface area contributed by atoms with Crippen molar-refractivity contribution in [3.05, 3.63) is 267 Å². The highest BCUT2D eigenvalue weighted by atomic mass is 35.5. The number of carbonyl (C=O) groups is 5. The van der Waals surface area contributed by atoms with E-state index in [0.717, 1.165) is 48.4 Å². The molecule has 0 saturated carbocycles. The van der Waals surface area contributed by atoms with E-state index in [1.165, 1.54) is 49.9 Å². The fourth-order valence-electron chi connectivity index (χ4n) is 8.98. The number of benzene rings is 5. The van der Waals surface area contributed by atoms with Gasteiger partial charge in [-0.25, -0.2) is 23.5 Å². The van der Waals surface area contributed by atoms with Crippen LogP contribution in [0, 0.1) is 12.8 Å². The molecule has 0 fully saturated rings. The van der Waals surface area contributed by atoms with E-state index in [1.54, 1.807) is 104 Å². The molecule has 0 amide bonds. The summed E-state index contributed by atoms with van der Waals surface area (Å²) in [5.74, 6) is 1.38. The summed E-state index contributed by atoms with van der Waals surface area (Å²) < 4.78 is 43.3. The Hall–Kier alpha value is -9.27. The van der Waals surface area contributed by atoms with Crippen LogP contribution in [-0.4, -0.2) is 55.1 Å². The molecule has 0 spiro atoms. The summed E-state index contributed by atoms with van der Waals surface area (Å²) in [6, 6.07) is 43.2. The summed E-state index contributed by atoms with van der Waals surface area (Å²) in [5, 5.41) is 20.2. The standard InChI is InChI=1S/C25H27F2NO3.C14H13NO2.C11H8ClNO2.C11H12O.C8H6O2.C2H5P.3C2H6/c1-3-17(13-18-10-11-19(26)14-23(18)27)21(9-6-12-28)24(30)15-25(31)22-8-5-4-7-20(22)16(2)29;1-10-5-3-6-12(9-10)17-14-13(11(2)16)7-4-8-15-14;12-11-8(14)4-3-5-9(11)15-10-6-1-2-7-13-10;12-11-8-4-2-6-9-5-1-3-7-10(9)11;9-8-7-4-2-1-3-6(7)5-10-8;1-2-3;3*1-2/h3-9,11-12,14,18,25,31H,10,13,15,28H2,1-2H3;3-9H,1-2H3;1-7,14H;1,3,5,7H,2,4,6,8H2;1-4H,5H2;2-3H,1H3;3*1-2H3/b12-6-,17-3-,21-9+;;;;;;;;/t18-,25?;;;;;;;;/m0......../s1. The number of halogens is 3. The average Bonchev–Trinajstić information content (AvgIpc) is 1.11. The van der Waals surface area contributed by atoms with E-state index in [2.05, 4.69) is 24.9 Å². The normalized spacial score (nSPS) is 13.5. The van der Waals surface area contributed by atoms with Gasteiger partial charge in [-0.1, -0.05) is 156 Å². The Bertz CT molecular complexity index is 3700. The van der Waals surface area contributed by atoms with Crippen LogP contribution < -0.4 is 15.2 Å². The predicted octanol–water partition coefficient (Wildman–Crippen LogP) is 19.9. The number of aromatic nitrogens is 2. The van der Waals surface area contributed by atoms with Gasteiger partial charge in [0.25, 0.3) is 0 Å². The van der Waals surface area contributed by atoms with Gasteiger partial charge in [-0.2, -0.15) is 0 Å². The third kappa shape index (κ3) is 27.5. The molecule has 0 radical (unpaired) electrons. The lowest BCUT2D eigenvalue weighted by atomic mass is 9.85. The molecule has 3 aliphatic rings. The molecule has 2 aromatic heterocycles. The minimum absolute atomic E-state index is 0.00917. The SMILES string of the molecule is CC.CC.CC.CC(=O)c1cccnc1Oc1cccc(C)c1.CC=P.C\C=C(C[C@@H]1CC=C(F)C=C1F)/C(=C\C=C/N)C(=O)CC(O)c1ccccc1C(C)=O.O=C1CCCCc2ccccc21.O=C1OCc2ccccc21.Oc1cccc(Oc2ccccn2)c1Cl. The van der Waals surface area contributed by atoms with Crippen molar-refractivity contribution < 1.29 is 57.2 Å². The molecular weight excluding hydrogens is 1230 g/mol. The van der Waals surface area contributed by atoms with Crippen molar-refractivity contribution in [2.75, 3.05) is 0 Å². The quantitative estimate of drug-likeness (QED) is 0.0232. The number of Topliss-reactive ketones (excluding diaryl/α,β-unsaturated/α-hetero) is 4. The van der Waals surface area contributed by atoms with Crippen molar-refractivity contribution in [1.29, 1.82) is 0 Å². The molecule has 4 N–H and O–H groups in total. The summed E-state index contributed by atoms with van der Waals surface area (Å²) in [5.41, 5.74) is 12.5. The molecule has 1 unspecified atom stereocenters. The van der Waals surface area contributed by atoms with E-state index < -0.39 is 23.7 Å². The van der Waals surface area contributed by atoms with Crippen LogP contribution in [0.2, 0.25) is 5.02 Å². The zero-order valence-electron chi connectivity index (χ0n) is 55.6. The molecule has 10 rings (SSSR count). The van der Waals surface area contributed by atoms with Crippen molar-refractivity contribution in [3.63, 3.8) is 0 Å². The number of ketones is 4. The lowest BCUT2D eigenvalue weighted by Gasteiger charge is -2.20. The van der Waals surface area contributed by atoms with Crippen LogP contribution in [0.5, 0.6) is 29.0 Å². The minimum atomic E-state index is -1.18. The van der Waals surface area contributed by atoms with Crippen LogP contribution in [0.4, 0.5) is 8.78 Å². The number of carbonyl (C=O) groups excluding carboxylic acids is 5. The van der Waals surface area contributed by atoms with Crippen LogP contribution in [0.25, 0.3) is 0 Å². The molecule has 2 atom stereocenters. The molecule has 7 aromatic rings. The molecule has 13 nitrogen and oxygen atoms in total. The first-order valence-corrected chi connectivity index (χ1v) is 32.2. The zero-order chi connectivity index (χ0) is 70.0. The number of cyclic esters (lactones) is 1. The molecule has 0 saturated heterocycles. The van der Waals surface area contributed by atoms with Gasteiger partial charge in [0, 0.05) is 65.6 Å². The number of aliphatic hydroxyl groups excluding tert-OH is 1. The number of aryl methyl sites for hydroxylation is 2. The Morgan fingerprint density at radius 2 is 1.36 bits per heavy atom. The van der Waals surface area contributed by atoms with E-state index >= 15 is 0 Å². The first-order valence-electron chi connectivity index (χ1n) is 31.2. The number of aromatic hydroxyl groups is 1. The van der Waals surface area contributed by atoms with E-state index in [1.807, 2.05) is 116 Å². The Labute approximate surface area is 561 Å². The number of aliphatic hydroxyl groups is 1. The number of rotatable bonds is 14. The maximum Gasteiger partial charge on any atom is 0.338 e. The maximum absolute atomic E-state index is 14.2. The second-order valence-corrected chi connectivity index (χ2v) is 20.8. The molecular formula is C77H89ClF2N3O10P. The Balaban J connectivity index is 0.000000408. The number of hydrogen-bond acceptors (Lipinski definition) is 13. The second-order valence-electron chi connectivity index (χ2n) is 19.8. The van der Waals surface area contributed by atoms with Crippen molar-refractivity contribution >= 4 is 55.4 Å². The van der Waals surface area contributed by atoms with Gasteiger partial charge >= 0.3 is 5.97 Å². The molecule has 498 valence electrons. The number of pyridine rings is 2. The molecule has 17 heteroatoms. The lowest BCUT2D eigenvalue weighted by molar-refractivity contribution is -0.117. The number of nitrogens with two attached hydrogens (primary N) is 1. The maximum atomic E-state index is 14.2. The summed E-state index contributed by atoms with van der Waals surface area (Å²) in [4.78, 5) is 66.7. The van der Waals surface area contributed by atoms with Crippen LogP contribution >= 0.6 is 20.5 Å². The number of esters is 1. The van der Waals surface area contributed by atoms with Crippen LogP contribution in [0.1, 0.15) is 178 Å². The van der Waals surface area contributed by atoms with E-state index in [4.69, 9.17) is 31.5 Å². The predicted molar refractivity (Wildman–Crippen MR) is 378 cm³/mol. The first kappa shape index (κ1) is 80.8. The fourth-order valence-corrected chi connectivity index (χ4v) is 9.15. The van der Waals surface area contributed by atoms with Gasteiger partial charge in [0.15, 0.2) is 28.9 Å². The number of phenolic OH excluding ortho intramolecular Hbond substituents is 1. The molecule has 3 heterocycles. The van der Waals surface area contributed by atoms with Gasteiger partial charge in [-0.15, -0.1) is 8.86 Å². The fraction of sp³-hybridized carbons (Fsp3) is 0.273. The molecule has 1 aliphatic heterocycles. The number of phenols is 1. The Morgan fingerprint density at radius 3 is 1.99 bits per heavy atom. The first-order chi connectivity index (χ1) is 45.4. The van der Waals surface area contributed by atoms with Crippen molar-refractivity contribution in [2.24, 2.45) is 11.7 Å². The summed E-state index contributed by atoms with van der Waals surface area (Å²) in [6.45, 7) is 21.0. The second kappa shape index (κ2) is 45.9. The topological polar surface area (TPSA) is 205 Å². The highest BCUT2D eigenvalue weighted by Gasteiger charge is 2.26. The molecule has 2 aliphatic carbocycles. The van der Waals surface area contributed by atoms with Crippen LogP contribution in [0.3, 0.4) is 0 Å². The lowest BCUT2D eigenvalue weighted by Crippen LogP contribution is -2.15. The Morgan fingerprint density at radius 1 is 0.755 bits per heavy atom. The van der Waals surface area contributed by atoms with E-state index in [9.17, 15) is 43.0 Å². The van der Waals surface area contributed by atoms with Crippen LogP contribution in [0.15, 0.2) is 217 Å². The van der Waals surface area contributed by atoms with Gasteiger partial charge in [0.1, 0.15) is 34.8 Å². The molecule has 0 bridgehead atoms. The number of hydrogen-bond donors (Lipinski definition) is 3. The van der Waals surface area contributed by atoms with Gasteiger partial charge in [-0.3, -0.25) is 19.2 Å². The van der Waals surface area contributed by atoms with Crippen molar-refractivity contribution in [1.82, 2.24) is 9.97 Å². The summed E-state index contributed by atoms with van der Waals surface area (Å²) in [7, 11) is 3.06. The highest BCUT2D eigenvalue weighted by Crippen LogP contribution is 2.36. The summed E-state index contributed by atoms with van der Waals surface area (Å²) >= 11 is 5.84. The smallest absolute Gasteiger partial charge is 0.338 e. The van der Waals surface area contributed by atoms with Crippen LogP contribution in [-0.2, 0) is 22.6 Å². The number of ether oxygens (including phenoxy) is 3. The number of allylic oxidation sites excluding steroid dienone is 9. The van der Waals surface area contributed by atoms with Gasteiger partial charge in [0.2, 0.25) is 11.8 Å². The van der Waals surface area contributed by atoms with Gasteiger partial charge < -0.3 is 30.2 Å². The number of fused-ring (bicyclic) bond motifs is 2. The average molecular weight is 1320 g/mol. The van der Waals surface area contributed by atoms with Crippen molar-refractivity contribution in [3.8, 4) is 29.0 Å². The Kier molecular flexibility index (Phi) is 39.5. The van der Waals surface area contributed by atoms with E-state index in [-0.39, 0.29) is 58.9 Å². The number of nitrogens with zero attached hydrogens (tertiary/aromatic N) is 2. The third-order valence-electron chi connectivity index (χ3n) is 13.3. The van der Waals surface area contributed by atoms with Gasteiger partial charge in [0.05, 0.1) is 17.2 Å². The largest absolute Gasteiger partial charge is 0.506 e. The highest BCUT2D eigenvalue weighted by molar-refractivity contribution is 7.18. The molecule has 5 aromatic carbocycles. The van der Waals surface area contributed by atoms with Gasteiger partial charge in [-0.05, 0) is 162 Å². The monoisotopic (exact) mass is 1320 g/mol. The van der Waals surface area contributed by atoms with Crippen molar-refractivity contribution in [2.45, 2.75) is 134 Å². The third-order valence-corrected chi connectivity index (χ3v) is 13.7.